The molecule has 5 nitrogen and oxygen atoms in total. The number of thiophene rings is 2. The van der Waals surface area contributed by atoms with Crippen LogP contribution < -0.4 is 0 Å². The Bertz CT molecular complexity index is 2100. The number of carbonyl (C=O) groups is 1. The molecule has 6 rings (SSSR count). The van der Waals surface area contributed by atoms with Gasteiger partial charge in [0.1, 0.15) is 12.1 Å². The predicted molar refractivity (Wildman–Crippen MR) is 201 cm³/mol. The molecular weight excluding hydrogens is 813 g/mol. The van der Waals surface area contributed by atoms with Crippen LogP contribution in [0, 0.1) is 23.8 Å². The largest absolute Gasteiger partial charge is 0.512 e. The molecule has 4 heterocycles. The van der Waals surface area contributed by atoms with E-state index in [1.54, 1.807) is 29.0 Å². The molecule has 8 heteroatoms. The van der Waals surface area contributed by atoms with Gasteiger partial charge in [-0.15, -0.1) is 34.9 Å². The summed E-state index contributed by atoms with van der Waals surface area (Å²) >= 11 is 3.53. The number of nitrogens with zero attached hydrogens (tertiary/aromatic N) is 2. The van der Waals surface area contributed by atoms with Crippen molar-refractivity contribution in [1.29, 1.82) is 0 Å². The van der Waals surface area contributed by atoms with Gasteiger partial charge in [-0.3, -0.25) is 9.78 Å². The molecule has 0 unspecified atom stereocenters. The molecular formula is C40H47IrN2O3S2-. The number of carbonyl (C=O) groups excluding carboxylic acids is 1. The molecule has 6 aromatic rings. The molecule has 0 saturated heterocycles. The van der Waals surface area contributed by atoms with Crippen molar-refractivity contribution in [2.24, 2.45) is 10.8 Å². The van der Waals surface area contributed by atoms with Crippen LogP contribution in [0.25, 0.3) is 53.5 Å². The fourth-order valence-corrected chi connectivity index (χ4v) is 7.95. The maximum Gasteiger partial charge on any atom is 0.223 e. The molecule has 0 aliphatic carbocycles. The van der Waals surface area contributed by atoms with E-state index >= 15 is 0 Å². The minimum Gasteiger partial charge on any atom is -0.512 e. The average Bonchev–Trinajstić information content (AvgIpc) is 3.79. The summed E-state index contributed by atoms with van der Waals surface area (Å²) in [5.41, 5.74) is 4.14. The topological polar surface area (TPSA) is 76.2 Å². The van der Waals surface area contributed by atoms with Gasteiger partial charge in [0.05, 0.1) is 4.70 Å². The fraction of sp³-hybridized carbons (Fsp3) is 0.425. The fourth-order valence-electron chi connectivity index (χ4n) is 5.87. The molecule has 1 radical (unpaired) electrons. The number of ketones is 1. The smallest absolute Gasteiger partial charge is 0.223 e. The third kappa shape index (κ3) is 7.05. The summed E-state index contributed by atoms with van der Waals surface area (Å²) in [6, 6.07) is 14.5. The molecule has 0 atom stereocenters. The van der Waals surface area contributed by atoms with Gasteiger partial charge in [-0.2, -0.15) is 11.3 Å². The third-order valence-electron chi connectivity index (χ3n) is 10.2. The van der Waals surface area contributed by atoms with Gasteiger partial charge < -0.3 is 9.52 Å². The second-order valence-electron chi connectivity index (χ2n) is 14.2. The Morgan fingerprint density at radius 1 is 0.938 bits per heavy atom. The van der Waals surface area contributed by atoms with Crippen molar-refractivity contribution in [3.8, 4) is 11.3 Å². The number of aliphatic hydroxyl groups excluding tert-OH is 1. The van der Waals surface area contributed by atoms with Crippen LogP contribution in [0.4, 0.5) is 0 Å². The molecule has 257 valence electrons. The van der Waals surface area contributed by atoms with Gasteiger partial charge in [0.25, 0.3) is 0 Å². The first kappa shape index (κ1) is 37.9. The van der Waals surface area contributed by atoms with Gasteiger partial charge in [-0.05, 0) is 59.6 Å². The summed E-state index contributed by atoms with van der Waals surface area (Å²) in [5, 5.41) is 16.6. The summed E-state index contributed by atoms with van der Waals surface area (Å²) in [6.45, 7) is 21.0. The van der Waals surface area contributed by atoms with E-state index in [2.05, 4.69) is 74.5 Å². The van der Waals surface area contributed by atoms with E-state index in [1.165, 1.54) is 31.3 Å². The number of aryl methyl sites for hydroxylation is 1. The third-order valence-corrected chi connectivity index (χ3v) is 12.2. The van der Waals surface area contributed by atoms with E-state index in [1.807, 2.05) is 41.5 Å². The Morgan fingerprint density at radius 2 is 1.60 bits per heavy atom. The van der Waals surface area contributed by atoms with Crippen molar-refractivity contribution in [3.63, 3.8) is 0 Å². The molecule has 0 bridgehead atoms. The standard InChI is InChI=1S/C25H19N2OS2.C15H28O2.Ir/c1-13-9-14-5-6-17-19-20(26-12-27-24(19)28-21(17)23(14)30-13)16-10-15-7-8-29-22(15)18(11-16)25(2,3)4;1-7-14(5,8-2)12(16)11-13(17)15(6,9-3)10-4;/h5-9,11-12H,1-4H3;11,16H,7-10H2,1-6H3;/q-1;;/b;12-11-;. The van der Waals surface area contributed by atoms with Gasteiger partial charge in [0.15, 0.2) is 11.4 Å². The van der Waals surface area contributed by atoms with Crippen molar-refractivity contribution in [2.75, 3.05) is 0 Å². The molecule has 2 aromatic carbocycles. The number of allylic oxidation sites excluding steroid dienone is 2. The minimum absolute atomic E-state index is 0. The first-order valence-electron chi connectivity index (χ1n) is 16.7. The van der Waals surface area contributed by atoms with Crippen molar-refractivity contribution in [3.05, 3.63) is 70.4 Å². The summed E-state index contributed by atoms with van der Waals surface area (Å²) in [4.78, 5) is 22.6. The van der Waals surface area contributed by atoms with Crippen LogP contribution in [0.1, 0.15) is 98.4 Å². The van der Waals surface area contributed by atoms with Gasteiger partial charge in [-0.1, -0.05) is 85.6 Å². The number of benzene rings is 2. The second kappa shape index (κ2) is 14.5. The molecule has 4 aromatic heterocycles. The summed E-state index contributed by atoms with van der Waals surface area (Å²) < 4.78 is 8.72. The molecule has 1 N–H and O–H groups in total. The summed E-state index contributed by atoms with van der Waals surface area (Å²) in [5.74, 6) is 0.286. The van der Waals surface area contributed by atoms with Crippen LogP contribution >= 0.6 is 22.7 Å². The zero-order valence-electron chi connectivity index (χ0n) is 29.8. The number of hydrogen-bond donors (Lipinski definition) is 1. The number of fused-ring (bicyclic) bond motifs is 6. The van der Waals surface area contributed by atoms with E-state index in [4.69, 9.17) is 9.40 Å². The number of furan rings is 1. The first-order chi connectivity index (χ1) is 22.2. The van der Waals surface area contributed by atoms with Gasteiger partial charge >= 0.3 is 0 Å². The number of aromatic nitrogens is 2. The summed E-state index contributed by atoms with van der Waals surface area (Å²) in [7, 11) is 0. The van der Waals surface area contributed by atoms with Gasteiger partial charge in [0.2, 0.25) is 5.71 Å². The Kier molecular flexibility index (Phi) is 11.5. The van der Waals surface area contributed by atoms with Crippen LogP contribution in [0.5, 0.6) is 0 Å². The predicted octanol–water partition coefficient (Wildman–Crippen LogP) is 12.5. The maximum absolute atomic E-state index is 12.2. The molecule has 0 fully saturated rings. The maximum atomic E-state index is 12.2. The van der Waals surface area contributed by atoms with Crippen LogP contribution in [0.3, 0.4) is 0 Å². The van der Waals surface area contributed by atoms with Gasteiger partial charge in [0, 0.05) is 58.4 Å². The van der Waals surface area contributed by atoms with E-state index in [-0.39, 0.29) is 47.9 Å². The van der Waals surface area contributed by atoms with Crippen LogP contribution in [-0.2, 0) is 30.3 Å². The van der Waals surface area contributed by atoms with Crippen LogP contribution in [-0.4, -0.2) is 20.9 Å². The Labute approximate surface area is 306 Å². The molecule has 0 aliphatic heterocycles. The Morgan fingerprint density at radius 3 is 2.23 bits per heavy atom. The average molecular weight is 860 g/mol. The zero-order chi connectivity index (χ0) is 34.3. The van der Waals surface area contributed by atoms with Crippen molar-refractivity contribution in [1.82, 2.24) is 9.97 Å². The van der Waals surface area contributed by atoms with Gasteiger partial charge in [-0.25, -0.2) is 4.98 Å². The van der Waals surface area contributed by atoms with Crippen LogP contribution in [0.15, 0.2) is 58.3 Å². The molecule has 0 spiro atoms. The number of aliphatic hydroxyl groups is 1. The molecule has 0 saturated carbocycles. The van der Waals surface area contributed by atoms with Crippen molar-refractivity contribution in [2.45, 2.75) is 100 Å². The summed E-state index contributed by atoms with van der Waals surface area (Å²) in [6.07, 6.45) is 6.35. The van der Waals surface area contributed by atoms with E-state index in [9.17, 15) is 9.90 Å². The Hall–Kier alpha value is -2.90. The van der Waals surface area contributed by atoms with E-state index in [0.29, 0.717) is 5.71 Å². The minimum atomic E-state index is -0.337. The number of hydrogen-bond acceptors (Lipinski definition) is 7. The zero-order valence-corrected chi connectivity index (χ0v) is 33.8. The first-order valence-corrected chi connectivity index (χ1v) is 18.4. The molecule has 48 heavy (non-hydrogen) atoms. The molecule has 0 amide bonds. The molecule has 0 aliphatic rings. The van der Waals surface area contributed by atoms with Crippen LogP contribution in [0.2, 0.25) is 0 Å². The quantitative estimate of drug-likeness (QED) is 0.0937. The van der Waals surface area contributed by atoms with Crippen molar-refractivity contribution >= 4 is 70.7 Å². The SMILES string of the molecule is CCC(C)(CC)C(=O)/C=C(\O)C(C)(CC)CC.Cc1cc2ccc3c(oc4ncnc(-c5[c-]c6ccsc6c(C(C)(C)C)c5)c43)c2s1.[Ir]. The van der Waals surface area contributed by atoms with E-state index in [0.717, 1.165) is 58.7 Å². The van der Waals surface area contributed by atoms with E-state index < -0.39 is 0 Å². The Balaban J connectivity index is 0.000000251. The second-order valence-corrected chi connectivity index (χ2v) is 16.3. The van der Waals surface area contributed by atoms with Crippen molar-refractivity contribution < 1.29 is 34.4 Å². The monoisotopic (exact) mass is 860 g/mol. The number of rotatable bonds is 8. The normalized spacial score (nSPS) is 12.8.